The number of amides is 3. The number of furan rings is 1. The zero-order valence-electron chi connectivity index (χ0n) is 13.3. The number of hydrogen-bond donors (Lipinski definition) is 3. The van der Waals surface area contributed by atoms with Crippen molar-refractivity contribution in [1.29, 1.82) is 0 Å². The number of imide groups is 1. The van der Waals surface area contributed by atoms with Gasteiger partial charge in [-0.15, -0.1) is 0 Å². The number of hydrogen-bond acceptors (Lipinski definition) is 3. The second kappa shape index (κ2) is 8.14. The highest BCUT2D eigenvalue weighted by Gasteiger charge is 2.28. The Labute approximate surface area is 135 Å². The lowest BCUT2D eigenvalue weighted by Gasteiger charge is -2.18. The summed E-state index contributed by atoms with van der Waals surface area (Å²) in [5.41, 5.74) is 0.827. The predicted molar refractivity (Wildman–Crippen MR) is 85.4 cm³/mol. The molecule has 4 N–H and O–H groups in total. The third-order valence-corrected chi connectivity index (χ3v) is 3.49. The summed E-state index contributed by atoms with van der Waals surface area (Å²) < 4.78 is 5.39. The Balaban J connectivity index is 2.15. The summed E-state index contributed by atoms with van der Waals surface area (Å²) in [4.78, 5) is 24.1. The van der Waals surface area contributed by atoms with Crippen LogP contribution < -0.4 is 16.0 Å². The zero-order valence-corrected chi connectivity index (χ0v) is 13.3. The molecule has 122 valence electrons. The van der Waals surface area contributed by atoms with Gasteiger partial charge >= 0.3 is 6.03 Å². The van der Waals surface area contributed by atoms with E-state index in [1.54, 1.807) is 13.2 Å². The SMILES string of the molecule is CCNC(=O)NC(=O)[C@@H]([NH2+][C@@H](C)c1ccco1)c1ccccc1. The second-order valence-electron chi connectivity index (χ2n) is 5.23. The van der Waals surface area contributed by atoms with Crippen LogP contribution in [0.1, 0.15) is 37.3 Å². The average Bonchev–Trinajstić information content (AvgIpc) is 3.07. The van der Waals surface area contributed by atoms with Crippen molar-refractivity contribution in [1.82, 2.24) is 10.6 Å². The molecule has 2 aromatic rings. The number of nitrogens with one attached hydrogen (secondary N) is 2. The highest BCUT2D eigenvalue weighted by atomic mass is 16.3. The van der Waals surface area contributed by atoms with Gasteiger partial charge in [-0.2, -0.15) is 0 Å². The minimum atomic E-state index is -0.543. The predicted octanol–water partition coefficient (Wildman–Crippen LogP) is 1.49. The van der Waals surface area contributed by atoms with E-state index in [2.05, 4.69) is 10.6 Å². The number of carbonyl (C=O) groups excluding carboxylic acids is 2. The van der Waals surface area contributed by atoms with Crippen LogP contribution in [0.25, 0.3) is 0 Å². The van der Waals surface area contributed by atoms with Crippen LogP contribution in [0.3, 0.4) is 0 Å². The van der Waals surface area contributed by atoms with Crippen LogP contribution in [0.5, 0.6) is 0 Å². The molecule has 0 radical (unpaired) electrons. The van der Waals surface area contributed by atoms with E-state index in [4.69, 9.17) is 4.42 Å². The Hall–Kier alpha value is -2.60. The zero-order chi connectivity index (χ0) is 16.7. The van der Waals surface area contributed by atoms with Gasteiger partial charge in [0.1, 0.15) is 6.04 Å². The van der Waals surface area contributed by atoms with E-state index in [1.165, 1.54) is 0 Å². The van der Waals surface area contributed by atoms with E-state index >= 15 is 0 Å². The Morgan fingerprint density at radius 3 is 2.52 bits per heavy atom. The van der Waals surface area contributed by atoms with Gasteiger partial charge in [-0.3, -0.25) is 10.1 Å². The van der Waals surface area contributed by atoms with Crippen LogP contribution in [0.4, 0.5) is 4.79 Å². The number of carbonyl (C=O) groups is 2. The van der Waals surface area contributed by atoms with Crippen LogP contribution >= 0.6 is 0 Å². The van der Waals surface area contributed by atoms with Crippen LogP contribution in [-0.2, 0) is 4.79 Å². The van der Waals surface area contributed by atoms with E-state index in [0.717, 1.165) is 11.3 Å². The van der Waals surface area contributed by atoms with Gasteiger partial charge in [-0.25, -0.2) is 4.79 Å². The largest absolute Gasteiger partial charge is 0.463 e. The lowest BCUT2D eigenvalue weighted by molar-refractivity contribution is -0.720. The molecule has 0 spiro atoms. The van der Waals surface area contributed by atoms with Crippen molar-refractivity contribution in [3.8, 4) is 0 Å². The first kappa shape index (κ1) is 16.8. The van der Waals surface area contributed by atoms with Gasteiger partial charge in [0.25, 0.3) is 5.91 Å². The molecule has 0 unspecified atom stereocenters. The van der Waals surface area contributed by atoms with Gasteiger partial charge in [0.15, 0.2) is 11.8 Å². The Kier molecular flexibility index (Phi) is 5.94. The van der Waals surface area contributed by atoms with E-state index in [0.29, 0.717) is 6.54 Å². The minimum absolute atomic E-state index is 0.0600. The molecule has 6 heteroatoms. The molecule has 0 bridgehead atoms. The summed E-state index contributed by atoms with van der Waals surface area (Å²) >= 11 is 0. The fraction of sp³-hybridized carbons (Fsp3) is 0.294. The first-order valence-corrected chi connectivity index (χ1v) is 7.63. The number of urea groups is 1. The summed E-state index contributed by atoms with van der Waals surface area (Å²) in [6.07, 6.45) is 1.60. The molecule has 0 aliphatic rings. The van der Waals surface area contributed by atoms with Crippen LogP contribution in [-0.4, -0.2) is 18.5 Å². The Morgan fingerprint density at radius 1 is 1.17 bits per heavy atom. The van der Waals surface area contributed by atoms with Crippen molar-refractivity contribution in [3.63, 3.8) is 0 Å². The van der Waals surface area contributed by atoms with E-state index in [9.17, 15) is 9.59 Å². The van der Waals surface area contributed by atoms with Crippen molar-refractivity contribution in [2.45, 2.75) is 25.9 Å². The molecule has 3 amide bonds. The maximum atomic E-state index is 12.5. The lowest BCUT2D eigenvalue weighted by Crippen LogP contribution is -2.88. The topological polar surface area (TPSA) is 88.0 Å². The standard InChI is InChI=1S/C17H21N3O3/c1-3-18-17(22)20-16(21)15(13-8-5-4-6-9-13)19-12(2)14-10-7-11-23-14/h4-12,15,19H,3H2,1-2H3,(H2,18,20,21,22)/p+1/t12-,15-/m0/s1. The Morgan fingerprint density at radius 2 is 1.91 bits per heavy atom. The molecule has 0 aliphatic heterocycles. The number of benzene rings is 1. The van der Waals surface area contributed by atoms with Crippen LogP contribution in [0, 0.1) is 0 Å². The molecular weight excluding hydrogens is 294 g/mol. The van der Waals surface area contributed by atoms with Crippen molar-refractivity contribution >= 4 is 11.9 Å². The van der Waals surface area contributed by atoms with Crippen LogP contribution in [0.2, 0.25) is 0 Å². The van der Waals surface area contributed by atoms with Crippen molar-refractivity contribution < 1.29 is 19.3 Å². The van der Waals surface area contributed by atoms with Crippen molar-refractivity contribution in [3.05, 3.63) is 60.1 Å². The molecule has 0 fully saturated rings. The molecule has 1 aromatic carbocycles. The highest BCUT2D eigenvalue weighted by Crippen LogP contribution is 2.13. The summed E-state index contributed by atoms with van der Waals surface area (Å²) in [6.45, 7) is 4.21. The maximum absolute atomic E-state index is 12.5. The lowest BCUT2D eigenvalue weighted by atomic mass is 10.0. The third kappa shape index (κ3) is 4.69. The summed E-state index contributed by atoms with van der Waals surface area (Å²) in [7, 11) is 0. The summed E-state index contributed by atoms with van der Waals surface area (Å²) in [5, 5.41) is 6.82. The van der Waals surface area contributed by atoms with Crippen molar-refractivity contribution in [2.24, 2.45) is 0 Å². The molecule has 2 rings (SSSR count). The van der Waals surface area contributed by atoms with Gasteiger partial charge in [0.2, 0.25) is 0 Å². The average molecular weight is 316 g/mol. The molecule has 0 saturated heterocycles. The third-order valence-electron chi connectivity index (χ3n) is 3.49. The quantitative estimate of drug-likeness (QED) is 0.754. The van der Waals surface area contributed by atoms with Gasteiger partial charge in [-0.1, -0.05) is 30.3 Å². The molecule has 0 aliphatic carbocycles. The normalized spacial score (nSPS) is 13.1. The first-order chi connectivity index (χ1) is 11.1. The fourth-order valence-electron chi connectivity index (χ4n) is 2.34. The molecule has 0 saturated carbocycles. The van der Waals surface area contributed by atoms with E-state index in [1.807, 2.05) is 54.7 Å². The van der Waals surface area contributed by atoms with E-state index < -0.39 is 12.1 Å². The number of nitrogens with two attached hydrogens (primary N) is 1. The molecule has 6 nitrogen and oxygen atoms in total. The van der Waals surface area contributed by atoms with Gasteiger partial charge in [-0.05, 0) is 26.0 Å². The van der Waals surface area contributed by atoms with Gasteiger partial charge < -0.3 is 15.1 Å². The number of rotatable bonds is 6. The minimum Gasteiger partial charge on any atom is -0.463 e. The monoisotopic (exact) mass is 316 g/mol. The van der Waals surface area contributed by atoms with Crippen LogP contribution in [0.15, 0.2) is 53.1 Å². The van der Waals surface area contributed by atoms with Crippen molar-refractivity contribution in [2.75, 3.05) is 6.54 Å². The smallest absolute Gasteiger partial charge is 0.321 e. The van der Waals surface area contributed by atoms with E-state index in [-0.39, 0.29) is 11.9 Å². The summed E-state index contributed by atoms with van der Waals surface area (Å²) in [6, 6.07) is 11.9. The first-order valence-electron chi connectivity index (χ1n) is 7.63. The maximum Gasteiger partial charge on any atom is 0.321 e. The van der Waals surface area contributed by atoms with Gasteiger partial charge in [0.05, 0.1) is 6.26 Å². The fourth-order valence-corrected chi connectivity index (χ4v) is 2.34. The van der Waals surface area contributed by atoms with Gasteiger partial charge in [0, 0.05) is 12.1 Å². The molecule has 2 atom stereocenters. The molecular formula is C17H22N3O3+. The molecule has 1 aromatic heterocycles. The Bertz CT molecular complexity index is 626. The highest BCUT2D eigenvalue weighted by molar-refractivity contribution is 5.96. The molecule has 23 heavy (non-hydrogen) atoms. The summed E-state index contributed by atoms with van der Waals surface area (Å²) in [5.74, 6) is 0.414. The second-order valence-corrected chi connectivity index (χ2v) is 5.23. The number of quaternary nitrogens is 1. The molecule has 1 heterocycles.